The van der Waals surface area contributed by atoms with E-state index in [1.165, 1.54) is 4.31 Å². The first-order valence-electron chi connectivity index (χ1n) is 9.81. The van der Waals surface area contributed by atoms with Gasteiger partial charge in [0, 0.05) is 31.9 Å². The molecule has 1 N–H and O–H groups in total. The Bertz CT molecular complexity index is 1070. The molecule has 4 rings (SSSR count). The zero-order valence-electron chi connectivity index (χ0n) is 16.1. The number of hydrogen-bond acceptors (Lipinski definition) is 4. The SMILES string of the molecule is O=C(CCc1ccc(S(=O)(=O)N2CCCC2)cc1)NCc1cn2ccccc2n1. The summed E-state index contributed by atoms with van der Waals surface area (Å²) in [5.41, 5.74) is 2.59. The number of rotatable bonds is 7. The zero-order chi connectivity index (χ0) is 20.3. The lowest BCUT2D eigenvalue weighted by molar-refractivity contribution is -0.121. The smallest absolute Gasteiger partial charge is 0.243 e. The highest BCUT2D eigenvalue weighted by molar-refractivity contribution is 7.89. The minimum Gasteiger partial charge on any atom is -0.350 e. The van der Waals surface area contributed by atoms with Crippen molar-refractivity contribution in [2.24, 2.45) is 0 Å². The normalized spacial score (nSPS) is 15.0. The van der Waals surface area contributed by atoms with E-state index in [1.54, 1.807) is 24.3 Å². The predicted molar refractivity (Wildman–Crippen MR) is 110 cm³/mol. The second-order valence-corrected chi connectivity index (χ2v) is 9.17. The lowest BCUT2D eigenvalue weighted by Gasteiger charge is -2.15. The highest BCUT2D eigenvalue weighted by atomic mass is 32.2. The quantitative estimate of drug-likeness (QED) is 0.646. The zero-order valence-corrected chi connectivity index (χ0v) is 16.9. The Labute approximate surface area is 170 Å². The Balaban J connectivity index is 1.28. The summed E-state index contributed by atoms with van der Waals surface area (Å²) in [6.07, 6.45) is 6.55. The van der Waals surface area contributed by atoms with Gasteiger partial charge in [-0.2, -0.15) is 4.31 Å². The van der Waals surface area contributed by atoms with Crippen molar-refractivity contribution in [3.63, 3.8) is 0 Å². The summed E-state index contributed by atoms with van der Waals surface area (Å²) in [4.78, 5) is 16.9. The number of imidazole rings is 1. The van der Waals surface area contributed by atoms with Crippen molar-refractivity contribution in [2.75, 3.05) is 13.1 Å². The second-order valence-electron chi connectivity index (χ2n) is 7.23. The molecule has 0 bridgehead atoms. The molecular formula is C21H24N4O3S. The molecule has 1 saturated heterocycles. The third-order valence-electron chi connectivity index (χ3n) is 5.15. The summed E-state index contributed by atoms with van der Waals surface area (Å²) in [6.45, 7) is 1.57. The Morgan fingerprint density at radius 3 is 2.55 bits per heavy atom. The molecule has 29 heavy (non-hydrogen) atoms. The number of carbonyl (C=O) groups excluding carboxylic acids is 1. The first kappa shape index (κ1) is 19.6. The minimum absolute atomic E-state index is 0.0594. The largest absolute Gasteiger partial charge is 0.350 e. The van der Waals surface area contributed by atoms with Gasteiger partial charge in [0.2, 0.25) is 15.9 Å². The topological polar surface area (TPSA) is 83.8 Å². The van der Waals surface area contributed by atoms with Gasteiger partial charge in [-0.05, 0) is 49.1 Å². The molecule has 2 aromatic heterocycles. The van der Waals surface area contributed by atoms with E-state index in [-0.39, 0.29) is 5.91 Å². The van der Waals surface area contributed by atoms with Gasteiger partial charge in [-0.1, -0.05) is 18.2 Å². The van der Waals surface area contributed by atoms with Crippen molar-refractivity contribution < 1.29 is 13.2 Å². The van der Waals surface area contributed by atoms with Crippen LogP contribution < -0.4 is 5.32 Å². The molecule has 0 atom stereocenters. The number of sulfonamides is 1. The summed E-state index contributed by atoms with van der Waals surface area (Å²) in [5, 5.41) is 2.89. The summed E-state index contributed by atoms with van der Waals surface area (Å²) in [6, 6.07) is 12.6. The van der Waals surface area contributed by atoms with Crippen LogP contribution in [0.25, 0.3) is 5.65 Å². The molecule has 3 heterocycles. The summed E-state index contributed by atoms with van der Waals surface area (Å²) < 4.78 is 28.6. The third kappa shape index (κ3) is 4.49. The van der Waals surface area contributed by atoms with E-state index >= 15 is 0 Å². The molecular weight excluding hydrogens is 388 g/mol. The van der Waals surface area contributed by atoms with E-state index in [0.29, 0.717) is 37.4 Å². The number of amides is 1. The Hall–Kier alpha value is -2.71. The average Bonchev–Trinajstić information content (AvgIpc) is 3.41. The monoisotopic (exact) mass is 412 g/mol. The second kappa shape index (κ2) is 8.34. The fourth-order valence-electron chi connectivity index (χ4n) is 3.51. The molecule has 0 unspecified atom stereocenters. The van der Waals surface area contributed by atoms with E-state index < -0.39 is 10.0 Å². The number of benzene rings is 1. The van der Waals surface area contributed by atoms with Crippen molar-refractivity contribution in [3.05, 3.63) is 66.1 Å². The van der Waals surface area contributed by atoms with Gasteiger partial charge in [-0.25, -0.2) is 13.4 Å². The summed E-state index contributed by atoms with van der Waals surface area (Å²) in [7, 11) is -3.39. The molecule has 8 heteroatoms. The van der Waals surface area contributed by atoms with Crippen LogP contribution in [0.15, 0.2) is 59.8 Å². The number of carbonyl (C=O) groups is 1. The highest BCUT2D eigenvalue weighted by Gasteiger charge is 2.26. The van der Waals surface area contributed by atoms with Crippen LogP contribution in [-0.2, 0) is 27.8 Å². The van der Waals surface area contributed by atoms with Gasteiger partial charge in [-0.15, -0.1) is 0 Å². The van der Waals surface area contributed by atoms with Gasteiger partial charge in [-0.3, -0.25) is 4.79 Å². The summed E-state index contributed by atoms with van der Waals surface area (Å²) in [5.74, 6) is -0.0594. The molecule has 1 aliphatic rings. The maximum absolute atomic E-state index is 12.6. The molecule has 1 fully saturated rings. The maximum atomic E-state index is 12.6. The molecule has 3 aromatic rings. The fraction of sp³-hybridized carbons (Fsp3) is 0.333. The number of fused-ring (bicyclic) bond motifs is 1. The van der Waals surface area contributed by atoms with Crippen LogP contribution in [0, 0.1) is 0 Å². The lowest BCUT2D eigenvalue weighted by atomic mass is 10.1. The van der Waals surface area contributed by atoms with E-state index in [4.69, 9.17) is 0 Å². The van der Waals surface area contributed by atoms with Gasteiger partial charge in [0.05, 0.1) is 17.1 Å². The lowest BCUT2D eigenvalue weighted by Crippen LogP contribution is -2.27. The van der Waals surface area contributed by atoms with Crippen molar-refractivity contribution in [1.82, 2.24) is 19.0 Å². The van der Waals surface area contributed by atoms with E-state index in [1.807, 2.05) is 35.0 Å². The maximum Gasteiger partial charge on any atom is 0.243 e. The van der Waals surface area contributed by atoms with E-state index in [2.05, 4.69) is 10.3 Å². The third-order valence-corrected chi connectivity index (χ3v) is 7.06. The van der Waals surface area contributed by atoms with Gasteiger partial charge in [0.25, 0.3) is 0 Å². The molecule has 152 valence electrons. The summed E-state index contributed by atoms with van der Waals surface area (Å²) >= 11 is 0. The molecule has 7 nitrogen and oxygen atoms in total. The predicted octanol–water partition coefficient (Wildman–Crippen LogP) is 2.37. The number of nitrogens with one attached hydrogen (secondary N) is 1. The molecule has 0 aliphatic carbocycles. The van der Waals surface area contributed by atoms with E-state index in [0.717, 1.165) is 29.7 Å². The first-order chi connectivity index (χ1) is 14.0. The fourth-order valence-corrected chi connectivity index (χ4v) is 5.03. The van der Waals surface area contributed by atoms with Crippen LogP contribution in [-0.4, -0.2) is 41.1 Å². The van der Waals surface area contributed by atoms with Crippen LogP contribution in [0.3, 0.4) is 0 Å². The van der Waals surface area contributed by atoms with Crippen molar-refractivity contribution >= 4 is 21.6 Å². The highest BCUT2D eigenvalue weighted by Crippen LogP contribution is 2.21. The van der Waals surface area contributed by atoms with Crippen molar-refractivity contribution in [2.45, 2.75) is 37.1 Å². The van der Waals surface area contributed by atoms with Crippen molar-refractivity contribution in [3.8, 4) is 0 Å². The minimum atomic E-state index is -3.39. The molecule has 1 aliphatic heterocycles. The van der Waals surface area contributed by atoms with Gasteiger partial charge in [0.15, 0.2) is 0 Å². The Morgan fingerprint density at radius 1 is 1.07 bits per heavy atom. The van der Waals surface area contributed by atoms with Crippen LogP contribution >= 0.6 is 0 Å². The number of aryl methyl sites for hydroxylation is 1. The van der Waals surface area contributed by atoms with Crippen LogP contribution in [0.2, 0.25) is 0 Å². The molecule has 0 radical (unpaired) electrons. The Kier molecular flexibility index (Phi) is 5.64. The number of pyridine rings is 1. The molecule has 0 saturated carbocycles. The van der Waals surface area contributed by atoms with E-state index in [9.17, 15) is 13.2 Å². The average molecular weight is 413 g/mol. The van der Waals surface area contributed by atoms with Gasteiger partial charge < -0.3 is 9.72 Å². The standard InChI is InChI=1S/C21H24N4O3S/c26-21(22-15-18-16-24-12-2-1-5-20(24)23-18)11-8-17-6-9-19(10-7-17)29(27,28)25-13-3-4-14-25/h1-2,5-7,9-10,12,16H,3-4,8,11,13-15H2,(H,22,26). The first-order valence-corrected chi connectivity index (χ1v) is 11.2. The number of hydrogen-bond donors (Lipinski definition) is 1. The van der Waals surface area contributed by atoms with Crippen LogP contribution in [0.1, 0.15) is 30.5 Å². The van der Waals surface area contributed by atoms with Gasteiger partial charge in [0.1, 0.15) is 5.65 Å². The van der Waals surface area contributed by atoms with Crippen molar-refractivity contribution in [1.29, 1.82) is 0 Å². The molecule has 1 aromatic carbocycles. The molecule has 0 spiro atoms. The van der Waals surface area contributed by atoms with Gasteiger partial charge >= 0.3 is 0 Å². The molecule has 1 amide bonds. The van der Waals surface area contributed by atoms with Crippen LogP contribution in [0.4, 0.5) is 0 Å². The Morgan fingerprint density at radius 2 is 1.83 bits per heavy atom. The number of aromatic nitrogens is 2. The number of nitrogens with zero attached hydrogens (tertiary/aromatic N) is 3. The van der Waals surface area contributed by atoms with Crippen LogP contribution in [0.5, 0.6) is 0 Å².